The highest BCUT2D eigenvalue weighted by molar-refractivity contribution is 8.00. The van der Waals surface area contributed by atoms with Crippen molar-refractivity contribution in [2.24, 2.45) is 0 Å². The molecule has 0 radical (unpaired) electrons. The van der Waals surface area contributed by atoms with Crippen LogP contribution in [0.25, 0.3) is 0 Å². The number of hydrogen-bond acceptors (Lipinski definition) is 5. The summed E-state index contributed by atoms with van der Waals surface area (Å²) in [4.78, 5) is 42.1. The number of nitrogens with zero attached hydrogens (tertiary/aromatic N) is 2. The topological polar surface area (TPSA) is 101 Å². The van der Waals surface area contributed by atoms with Gasteiger partial charge in [0.25, 0.3) is 5.56 Å². The lowest BCUT2D eigenvalue weighted by Crippen LogP contribution is -2.42. The summed E-state index contributed by atoms with van der Waals surface area (Å²) in [5, 5.41) is 0. The van der Waals surface area contributed by atoms with E-state index in [0.29, 0.717) is 11.3 Å². The number of halogens is 2. The number of H-pyrrole nitrogens is 1. The molecule has 3 rings (SSSR count). The SMILES string of the molecule is CCCCN(C(=O)CSc1ccc(F)c(F)c1)c1c(N)n(Cc2ccccc2)c(=O)[nH]c1=O. The van der Waals surface area contributed by atoms with E-state index in [-0.39, 0.29) is 30.3 Å². The fraction of sp³-hybridized carbons (Fsp3) is 0.261. The molecule has 0 saturated carbocycles. The van der Waals surface area contributed by atoms with Gasteiger partial charge in [-0.15, -0.1) is 11.8 Å². The van der Waals surface area contributed by atoms with Crippen LogP contribution in [0, 0.1) is 11.6 Å². The number of unbranched alkanes of at least 4 members (excludes halogenated alkanes) is 1. The van der Waals surface area contributed by atoms with Crippen LogP contribution >= 0.6 is 11.8 Å². The minimum absolute atomic E-state index is 0.102. The fourth-order valence-electron chi connectivity index (χ4n) is 3.23. The highest BCUT2D eigenvalue weighted by Gasteiger charge is 2.24. The van der Waals surface area contributed by atoms with E-state index in [1.54, 1.807) is 0 Å². The molecule has 0 saturated heterocycles. The smallest absolute Gasteiger partial charge is 0.330 e. The number of carbonyl (C=O) groups is 1. The molecule has 0 bridgehead atoms. The van der Waals surface area contributed by atoms with Crippen molar-refractivity contribution in [1.29, 1.82) is 0 Å². The van der Waals surface area contributed by atoms with Crippen LogP contribution in [0.5, 0.6) is 0 Å². The molecule has 7 nitrogen and oxygen atoms in total. The number of benzene rings is 2. The minimum atomic E-state index is -1.01. The maximum Gasteiger partial charge on any atom is 0.330 e. The van der Waals surface area contributed by atoms with Crippen molar-refractivity contribution in [3.05, 3.63) is 86.6 Å². The zero-order valence-corrected chi connectivity index (χ0v) is 18.8. The largest absolute Gasteiger partial charge is 0.383 e. The predicted molar refractivity (Wildman–Crippen MR) is 126 cm³/mol. The van der Waals surface area contributed by atoms with Gasteiger partial charge >= 0.3 is 5.69 Å². The first-order valence-corrected chi connectivity index (χ1v) is 11.3. The van der Waals surface area contributed by atoms with Crippen LogP contribution < -0.4 is 21.9 Å². The summed E-state index contributed by atoms with van der Waals surface area (Å²) in [6.07, 6.45) is 1.35. The highest BCUT2D eigenvalue weighted by Crippen LogP contribution is 2.24. The van der Waals surface area contributed by atoms with Crippen LogP contribution in [0.2, 0.25) is 0 Å². The van der Waals surface area contributed by atoms with Gasteiger partial charge in [-0.05, 0) is 30.2 Å². The molecule has 174 valence electrons. The molecule has 0 aliphatic rings. The number of nitrogens with one attached hydrogen (secondary N) is 1. The number of aromatic amines is 1. The first-order chi connectivity index (χ1) is 15.8. The van der Waals surface area contributed by atoms with Gasteiger partial charge in [-0.2, -0.15) is 0 Å². The Bertz CT molecular complexity index is 1240. The molecular weight excluding hydrogens is 450 g/mol. The molecule has 2 aromatic carbocycles. The maximum absolute atomic E-state index is 13.5. The number of nitrogen functional groups attached to an aromatic ring is 1. The van der Waals surface area contributed by atoms with Crippen molar-refractivity contribution >= 4 is 29.2 Å². The number of anilines is 2. The van der Waals surface area contributed by atoms with Crippen LogP contribution in [-0.2, 0) is 11.3 Å². The minimum Gasteiger partial charge on any atom is -0.383 e. The second-order valence-electron chi connectivity index (χ2n) is 7.33. The van der Waals surface area contributed by atoms with Gasteiger partial charge in [-0.25, -0.2) is 13.6 Å². The van der Waals surface area contributed by atoms with Crippen molar-refractivity contribution in [3.63, 3.8) is 0 Å². The lowest BCUT2D eigenvalue weighted by Gasteiger charge is -2.24. The Balaban J connectivity index is 1.92. The number of rotatable bonds is 9. The summed E-state index contributed by atoms with van der Waals surface area (Å²) in [6.45, 7) is 2.27. The Hall–Kier alpha value is -3.40. The second kappa shape index (κ2) is 11.0. The molecule has 0 unspecified atom stereocenters. The van der Waals surface area contributed by atoms with E-state index in [9.17, 15) is 23.2 Å². The Kier molecular flexibility index (Phi) is 8.05. The molecule has 0 aliphatic carbocycles. The van der Waals surface area contributed by atoms with Gasteiger partial charge in [0.2, 0.25) is 5.91 Å². The molecule has 0 spiro atoms. The van der Waals surface area contributed by atoms with Gasteiger partial charge in [0, 0.05) is 11.4 Å². The summed E-state index contributed by atoms with van der Waals surface area (Å²) in [5.41, 5.74) is 5.50. The zero-order valence-electron chi connectivity index (χ0n) is 18.0. The van der Waals surface area contributed by atoms with Gasteiger partial charge < -0.3 is 10.6 Å². The predicted octanol–water partition coefficient (Wildman–Crippen LogP) is 3.37. The Morgan fingerprint density at radius 2 is 1.85 bits per heavy atom. The third-order valence-electron chi connectivity index (χ3n) is 4.96. The molecule has 1 heterocycles. The number of thioether (sulfide) groups is 1. The fourth-order valence-corrected chi connectivity index (χ4v) is 4.03. The maximum atomic E-state index is 13.5. The first kappa shape index (κ1) is 24.2. The standard InChI is InChI=1S/C23H24F2N4O3S/c1-2-3-11-28(19(30)14-33-16-9-10-17(24)18(25)12-16)20-21(26)29(23(32)27-22(20)31)13-15-7-5-4-6-8-15/h4-10,12H,2-3,11,13-14,26H2,1H3,(H,27,31,32). The summed E-state index contributed by atoms with van der Waals surface area (Å²) in [6, 6.07) is 12.5. The lowest BCUT2D eigenvalue weighted by molar-refractivity contribution is -0.116. The Morgan fingerprint density at radius 1 is 1.12 bits per heavy atom. The van der Waals surface area contributed by atoms with Crippen molar-refractivity contribution in [1.82, 2.24) is 9.55 Å². The molecule has 10 heteroatoms. The molecule has 0 aliphatic heterocycles. The average Bonchev–Trinajstić information content (AvgIpc) is 2.80. The molecule has 3 N–H and O–H groups in total. The van der Waals surface area contributed by atoms with Gasteiger partial charge in [-0.1, -0.05) is 43.7 Å². The van der Waals surface area contributed by atoms with Crippen molar-refractivity contribution in [2.75, 3.05) is 22.9 Å². The van der Waals surface area contributed by atoms with Crippen LogP contribution in [0.4, 0.5) is 20.3 Å². The number of hydrogen-bond donors (Lipinski definition) is 2. The van der Waals surface area contributed by atoms with Crippen LogP contribution in [0.3, 0.4) is 0 Å². The van der Waals surface area contributed by atoms with Crippen molar-refractivity contribution in [3.8, 4) is 0 Å². The molecule has 0 atom stereocenters. The Morgan fingerprint density at radius 3 is 2.52 bits per heavy atom. The van der Waals surface area contributed by atoms with E-state index in [4.69, 9.17) is 5.73 Å². The lowest BCUT2D eigenvalue weighted by atomic mass is 10.2. The molecule has 33 heavy (non-hydrogen) atoms. The van der Waals surface area contributed by atoms with E-state index in [1.807, 2.05) is 37.3 Å². The van der Waals surface area contributed by atoms with Gasteiger partial charge in [-0.3, -0.25) is 19.1 Å². The number of amides is 1. The third kappa shape index (κ3) is 5.89. The first-order valence-electron chi connectivity index (χ1n) is 10.4. The van der Waals surface area contributed by atoms with E-state index in [1.165, 1.54) is 15.5 Å². The van der Waals surface area contributed by atoms with Gasteiger partial charge in [0.15, 0.2) is 17.3 Å². The second-order valence-corrected chi connectivity index (χ2v) is 8.38. The molecule has 1 amide bonds. The molecule has 0 fully saturated rings. The quantitative estimate of drug-likeness (QED) is 0.463. The number of carbonyl (C=O) groups excluding carboxylic acids is 1. The summed E-state index contributed by atoms with van der Waals surface area (Å²) in [5.74, 6) is -2.68. The summed E-state index contributed by atoms with van der Waals surface area (Å²) >= 11 is 1.01. The monoisotopic (exact) mass is 474 g/mol. The molecule has 1 aromatic heterocycles. The molecular formula is C23H24F2N4O3S. The van der Waals surface area contributed by atoms with Crippen LogP contribution in [0.15, 0.2) is 63.0 Å². The Labute approximate surface area is 193 Å². The number of aromatic nitrogens is 2. The normalized spacial score (nSPS) is 10.9. The van der Waals surface area contributed by atoms with E-state index >= 15 is 0 Å². The van der Waals surface area contributed by atoms with E-state index in [0.717, 1.165) is 35.9 Å². The average molecular weight is 475 g/mol. The van der Waals surface area contributed by atoms with E-state index < -0.39 is 28.8 Å². The van der Waals surface area contributed by atoms with Gasteiger partial charge in [0.1, 0.15) is 5.82 Å². The molecule has 3 aromatic rings. The van der Waals surface area contributed by atoms with Crippen LogP contribution in [-0.4, -0.2) is 27.8 Å². The van der Waals surface area contributed by atoms with Crippen molar-refractivity contribution < 1.29 is 13.6 Å². The zero-order chi connectivity index (χ0) is 24.0. The summed E-state index contributed by atoms with van der Waals surface area (Å²) in [7, 11) is 0. The number of nitrogens with two attached hydrogens (primary N) is 1. The van der Waals surface area contributed by atoms with Gasteiger partial charge in [0.05, 0.1) is 12.3 Å². The highest BCUT2D eigenvalue weighted by atomic mass is 32.2. The third-order valence-corrected chi connectivity index (χ3v) is 5.94. The van der Waals surface area contributed by atoms with Crippen molar-refractivity contribution in [2.45, 2.75) is 31.2 Å². The summed E-state index contributed by atoms with van der Waals surface area (Å²) < 4.78 is 27.9. The van der Waals surface area contributed by atoms with Crippen LogP contribution in [0.1, 0.15) is 25.3 Å². The van der Waals surface area contributed by atoms with E-state index in [2.05, 4.69) is 4.98 Å².